The number of rotatable bonds is 5. The fourth-order valence-corrected chi connectivity index (χ4v) is 3.30. The van der Waals surface area contributed by atoms with Crippen molar-refractivity contribution >= 4 is 5.82 Å². The van der Waals surface area contributed by atoms with E-state index in [4.69, 9.17) is 4.98 Å². The van der Waals surface area contributed by atoms with Gasteiger partial charge in [0, 0.05) is 25.3 Å². The predicted octanol–water partition coefficient (Wildman–Crippen LogP) is 3.63. The molecule has 0 aromatic carbocycles. The maximum absolute atomic E-state index is 4.87. The van der Waals surface area contributed by atoms with Crippen LogP contribution in [0.15, 0.2) is 12.1 Å². The van der Waals surface area contributed by atoms with Crippen LogP contribution < -0.4 is 10.2 Å². The topological polar surface area (TPSA) is 28.2 Å². The van der Waals surface area contributed by atoms with Crippen molar-refractivity contribution in [3.05, 3.63) is 23.4 Å². The Morgan fingerprint density at radius 1 is 1.29 bits per heavy atom. The van der Waals surface area contributed by atoms with Crippen LogP contribution in [0, 0.1) is 11.8 Å². The zero-order valence-electron chi connectivity index (χ0n) is 14.2. The van der Waals surface area contributed by atoms with Gasteiger partial charge in [0.15, 0.2) is 0 Å². The Morgan fingerprint density at radius 2 is 2.10 bits per heavy atom. The summed E-state index contributed by atoms with van der Waals surface area (Å²) >= 11 is 0. The molecule has 0 bridgehead atoms. The molecule has 2 rings (SSSR count). The van der Waals surface area contributed by atoms with Gasteiger partial charge in [-0.15, -0.1) is 0 Å². The number of nitrogens with one attached hydrogen (secondary N) is 1. The zero-order valence-corrected chi connectivity index (χ0v) is 14.2. The van der Waals surface area contributed by atoms with Gasteiger partial charge in [-0.25, -0.2) is 4.98 Å². The van der Waals surface area contributed by atoms with Crippen molar-refractivity contribution in [2.75, 3.05) is 25.0 Å². The smallest absolute Gasteiger partial charge is 0.129 e. The predicted molar refractivity (Wildman–Crippen MR) is 90.8 cm³/mol. The molecule has 1 atom stereocenters. The van der Waals surface area contributed by atoms with Gasteiger partial charge in [0.2, 0.25) is 0 Å². The van der Waals surface area contributed by atoms with Gasteiger partial charge in [-0.1, -0.05) is 20.8 Å². The van der Waals surface area contributed by atoms with E-state index < -0.39 is 0 Å². The molecule has 0 spiro atoms. The van der Waals surface area contributed by atoms with Crippen LogP contribution in [0.5, 0.6) is 0 Å². The fraction of sp³-hybridized carbons (Fsp3) is 0.722. The van der Waals surface area contributed by atoms with Gasteiger partial charge in [0.05, 0.1) is 0 Å². The monoisotopic (exact) mass is 289 g/mol. The summed E-state index contributed by atoms with van der Waals surface area (Å²) in [5.41, 5.74) is 2.56. The first-order chi connectivity index (χ1) is 10.1. The second kappa shape index (κ2) is 7.79. The summed E-state index contributed by atoms with van der Waals surface area (Å²) < 4.78 is 0. The molecular weight excluding hydrogens is 258 g/mol. The van der Waals surface area contributed by atoms with Gasteiger partial charge >= 0.3 is 0 Å². The Kier molecular flexibility index (Phi) is 6.04. The second-order valence-corrected chi connectivity index (χ2v) is 6.63. The van der Waals surface area contributed by atoms with Gasteiger partial charge in [-0.3, -0.25) is 0 Å². The second-order valence-electron chi connectivity index (χ2n) is 6.63. The van der Waals surface area contributed by atoms with Gasteiger partial charge in [0.25, 0.3) is 0 Å². The highest BCUT2D eigenvalue weighted by molar-refractivity contribution is 5.43. The van der Waals surface area contributed by atoms with Gasteiger partial charge in [-0.2, -0.15) is 0 Å². The van der Waals surface area contributed by atoms with Crippen LogP contribution in [0.2, 0.25) is 0 Å². The maximum Gasteiger partial charge on any atom is 0.129 e. The number of nitrogens with zero attached hydrogens (tertiary/aromatic N) is 2. The summed E-state index contributed by atoms with van der Waals surface area (Å²) in [6, 6.07) is 4.50. The van der Waals surface area contributed by atoms with E-state index in [1.54, 1.807) is 0 Å². The Balaban J connectivity index is 2.14. The molecule has 118 valence electrons. The van der Waals surface area contributed by atoms with E-state index in [1.807, 2.05) is 7.05 Å². The third-order valence-electron chi connectivity index (χ3n) is 4.71. The minimum atomic E-state index is 0.805. The lowest BCUT2D eigenvalue weighted by atomic mass is 9.89. The Bertz CT molecular complexity index is 442. The largest absolute Gasteiger partial charge is 0.357 e. The molecule has 1 fully saturated rings. The zero-order chi connectivity index (χ0) is 15.2. The van der Waals surface area contributed by atoms with Crippen LogP contribution in [0.1, 0.15) is 51.3 Å². The molecule has 1 aromatic heterocycles. The molecule has 0 aliphatic carbocycles. The van der Waals surface area contributed by atoms with Crippen molar-refractivity contribution in [2.24, 2.45) is 11.8 Å². The number of hydrogen-bond donors (Lipinski definition) is 1. The Labute approximate surface area is 130 Å². The summed E-state index contributed by atoms with van der Waals surface area (Å²) in [5.74, 6) is 2.87. The van der Waals surface area contributed by atoms with Crippen LogP contribution in [0.4, 0.5) is 5.82 Å². The Morgan fingerprint density at radius 3 is 2.76 bits per heavy atom. The molecule has 2 heterocycles. The molecule has 3 nitrogen and oxygen atoms in total. The highest BCUT2D eigenvalue weighted by Crippen LogP contribution is 2.27. The van der Waals surface area contributed by atoms with Gasteiger partial charge < -0.3 is 10.2 Å². The quantitative estimate of drug-likeness (QED) is 0.897. The summed E-state index contributed by atoms with van der Waals surface area (Å²) in [7, 11) is 2.00. The molecule has 3 heteroatoms. The van der Waals surface area contributed by atoms with Crippen LogP contribution in [-0.2, 0) is 13.0 Å². The average Bonchev–Trinajstić information content (AvgIpc) is 2.73. The fourth-order valence-electron chi connectivity index (χ4n) is 3.30. The molecule has 1 aliphatic heterocycles. The molecule has 0 saturated carbocycles. The van der Waals surface area contributed by atoms with E-state index in [9.17, 15) is 0 Å². The highest BCUT2D eigenvalue weighted by atomic mass is 15.2. The van der Waals surface area contributed by atoms with Crippen molar-refractivity contribution in [1.82, 2.24) is 10.3 Å². The minimum absolute atomic E-state index is 0.805. The molecule has 1 aromatic rings. The van der Waals surface area contributed by atoms with E-state index in [-0.39, 0.29) is 0 Å². The van der Waals surface area contributed by atoms with Crippen LogP contribution in [-0.4, -0.2) is 25.1 Å². The lowest BCUT2D eigenvalue weighted by Crippen LogP contribution is -2.26. The van der Waals surface area contributed by atoms with Crippen LogP contribution in [0.3, 0.4) is 0 Å². The van der Waals surface area contributed by atoms with E-state index >= 15 is 0 Å². The summed E-state index contributed by atoms with van der Waals surface area (Å²) in [6.07, 6.45) is 4.97. The average molecular weight is 289 g/mol. The maximum atomic E-state index is 4.87. The molecular formula is C18H31N3. The lowest BCUT2D eigenvalue weighted by Gasteiger charge is -2.23. The number of hydrogen-bond acceptors (Lipinski definition) is 3. The van der Waals surface area contributed by atoms with E-state index in [1.165, 1.54) is 36.3 Å². The van der Waals surface area contributed by atoms with Crippen molar-refractivity contribution < 1.29 is 0 Å². The van der Waals surface area contributed by atoms with E-state index in [0.717, 1.165) is 37.9 Å². The molecule has 1 N–H and O–H groups in total. The number of anilines is 1. The SMILES string of the molecule is CCc1cc(CNC)cc(N2CCCC(C(C)C)CC2)n1. The number of pyridine rings is 1. The van der Waals surface area contributed by atoms with Gasteiger partial charge in [0.1, 0.15) is 5.82 Å². The van der Waals surface area contributed by atoms with E-state index in [2.05, 4.69) is 43.1 Å². The van der Waals surface area contributed by atoms with Gasteiger partial charge in [-0.05, 0) is 62.3 Å². The molecule has 1 unspecified atom stereocenters. The van der Waals surface area contributed by atoms with E-state index in [0.29, 0.717) is 0 Å². The van der Waals surface area contributed by atoms with Crippen molar-refractivity contribution in [3.8, 4) is 0 Å². The first-order valence-electron chi connectivity index (χ1n) is 8.53. The number of aromatic nitrogens is 1. The third kappa shape index (κ3) is 4.44. The third-order valence-corrected chi connectivity index (χ3v) is 4.71. The van der Waals surface area contributed by atoms with Crippen molar-refractivity contribution in [1.29, 1.82) is 0 Å². The molecule has 1 aliphatic rings. The van der Waals surface area contributed by atoms with Crippen molar-refractivity contribution in [3.63, 3.8) is 0 Å². The first kappa shape index (κ1) is 16.3. The Hall–Kier alpha value is -1.09. The molecule has 21 heavy (non-hydrogen) atoms. The minimum Gasteiger partial charge on any atom is -0.357 e. The number of aryl methyl sites for hydroxylation is 1. The molecule has 0 amide bonds. The molecule has 0 radical (unpaired) electrons. The summed E-state index contributed by atoms with van der Waals surface area (Å²) in [5, 5.41) is 3.25. The van der Waals surface area contributed by atoms with Crippen molar-refractivity contribution in [2.45, 2.75) is 53.0 Å². The normalized spacial score (nSPS) is 19.9. The standard InChI is InChI=1S/C18H31N3/c1-5-17-11-15(13-19-4)12-18(20-17)21-9-6-7-16(8-10-21)14(2)3/h11-12,14,16,19H,5-10,13H2,1-4H3. The summed E-state index contributed by atoms with van der Waals surface area (Å²) in [4.78, 5) is 7.37. The van der Waals surface area contributed by atoms with Crippen LogP contribution >= 0.6 is 0 Å². The molecule has 1 saturated heterocycles. The van der Waals surface area contributed by atoms with Crippen LogP contribution in [0.25, 0.3) is 0 Å². The summed E-state index contributed by atoms with van der Waals surface area (Å²) in [6.45, 7) is 10.1. The highest BCUT2D eigenvalue weighted by Gasteiger charge is 2.20. The lowest BCUT2D eigenvalue weighted by molar-refractivity contribution is 0.351. The first-order valence-corrected chi connectivity index (χ1v) is 8.53.